The zero-order valence-corrected chi connectivity index (χ0v) is 21.3. The van der Waals surface area contributed by atoms with E-state index in [4.69, 9.17) is 18.9 Å². The molecule has 37 heavy (non-hydrogen) atoms. The Bertz CT molecular complexity index is 1200. The van der Waals surface area contributed by atoms with Crippen molar-refractivity contribution in [1.29, 1.82) is 0 Å². The maximum atomic E-state index is 13.2. The molecule has 1 N–H and O–H groups in total. The summed E-state index contributed by atoms with van der Waals surface area (Å²) in [4.78, 5) is 38.4. The van der Waals surface area contributed by atoms with Gasteiger partial charge in [-0.2, -0.15) is 0 Å². The van der Waals surface area contributed by atoms with Crippen LogP contribution in [0.2, 0.25) is 0 Å². The van der Waals surface area contributed by atoms with E-state index in [1.54, 1.807) is 12.1 Å². The Hall–Kier alpha value is -4.12. The van der Waals surface area contributed by atoms with Crippen LogP contribution in [0.5, 0.6) is 17.2 Å². The van der Waals surface area contributed by atoms with Crippen molar-refractivity contribution in [3.05, 3.63) is 63.2 Å². The van der Waals surface area contributed by atoms with E-state index in [9.17, 15) is 24.8 Å². The van der Waals surface area contributed by atoms with E-state index in [0.29, 0.717) is 35.8 Å². The van der Waals surface area contributed by atoms with Gasteiger partial charge in [0.05, 0.1) is 44.0 Å². The highest BCUT2D eigenvalue weighted by Gasteiger charge is 2.46. The number of aliphatic hydroxyl groups is 1. The third kappa shape index (κ3) is 5.67. The van der Waals surface area contributed by atoms with Crippen LogP contribution in [0, 0.1) is 10.1 Å². The second-order valence-electron chi connectivity index (χ2n) is 8.53. The van der Waals surface area contributed by atoms with Gasteiger partial charge in [0.25, 0.3) is 17.4 Å². The molecule has 1 saturated heterocycles. The van der Waals surface area contributed by atoms with Gasteiger partial charge in [0, 0.05) is 30.8 Å². The largest absolute Gasteiger partial charge is 0.507 e. The minimum atomic E-state index is -1.02. The Kier molecular flexibility index (Phi) is 8.72. The maximum Gasteiger partial charge on any atom is 0.295 e. The number of non-ortho nitro benzene ring substituents is 1. The number of rotatable bonds is 11. The molecule has 1 heterocycles. The lowest BCUT2D eigenvalue weighted by atomic mass is 9.94. The summed E-state index contributed by atoms with van der Waals surface area (Å²) >= 11 is 0. The highest BCUT2D eigenvalue weighted by molar-refractivity contribution is 6.46. The number of Topliss-reactive ketones (excluding diaryl/α,β-unsaturated/α-hetero) is 1. The molecule has 0 aliphatic carbocycles. The Morgan fingerprint density at radius 2 is 1.73 bits per heavy atom. The average Bonchev–Trinajstić information content (AvgIpc) is 3.14. The molecule has 3 rings (SSSR count). The zero-order chi connectivity index (χ0) is 27.3. The Balaban J connectivity index is 2.20. The van der Waals surface area contributed by atoms with Crippen molar-refractivity contribution < 1.29 is 38.6 Å². The molecular weight excluding hydrogens is 484 g/mol. The SMILES string of the molecule is COc1cc(C2/C(=C(\O)c3cccc([N+](=O)[O-])c3)C(=O)C(=O)N2CCCOC(C)C)cc(OC)c1OC. The quantitative estimate of drug-likeness (QED) is 0.118. The molecule has 1 unspecified atom stereocenters. The first-order chi connectivity index (χ1) is 17.6. The molecule has 1 amide bonds. The molecule has 2 aromatic carbocycles. The summed E-state index contributed by atoms with van der Waals surface area (Å²) in [5, 5.41) is 22.5. The number of carbonyl (C=O) groups is 2. The summed E-state index contributed by atoms with van der Waals surface area (Å²) in [7, 11) is 4.32. The number of methoxy groups -OCH3 is 3. The fourth-order valence-electron chi connectivity index (χ4n) is 4.19. The van der Waals surface area contributed by atoms with E-state index < -0.39 is 28.4 Å². The number of amides is 1. The number of aliphatic hydroxyl groups excluding tert-OH is 1. The van der Waals surface area contributed by atoms with E-state index in [2.05, 4.69) is 0 Å². The van der Waals surface area contributed by atoms with Crippen LogP contribution in [0.1, 0.15) is 37.4 Å². The van der Waals surface area contributed by atoms with Crippen LogP contribution < -0.4 is 14.2 Å². The van der Waals surface area contributed by atoms with Gasteiger partial charge in [-0.25, -0.2) is 0 Å². The van der Waals surface area contributed by atoms with Gasteiger partial charge >= 0.3 is 0 Å². The lowest BCUT2D eigenvalue weighted by molar-refractivity contribution is -0.384. The first kappa shape index (κ1) is 27.5. The van der Waals surface area contributed by atoms with Crippen molar-refractivity contribution in [3.63, 3.8) is 0 Å². The van der Waals surface area contributed by atoms with Gasteiger partial charge in [0.2, 0.25) is 5.75 Å². The molecule has 0 spiro atoms. The Morgan fingerprint density at radius 1 is 1.08 bits per heavy atom. The van der Waals surface area contributed by atoms with E-state index in [1.165, 1.54) is 44.4 Å². The van der Waals surface area contributed by atoms with Crippen LogP contribution in [0.3, 0.4) is 0 Å². The molecule has 2 aromatic rings. The Labute approximate surface area is 214 Å². The van der Waals surface area contributed by atoms with Crippen LogP contribution in [-0.2, 0) is 14.3 Å². The number of benzene rings is 2. The second kappa shape index (κ2) is 11.7. The van der Waals surface area contributed by atoms with Gasteiger partial charge in [-0.15, -0.1) is 0 Å². The summed E-state index contributed by atoms with van der Waals surface area (Å²) < 4.78 is 21.9. The molecular formula is C26H30N2O9. The summed E-state index contributed by atoms with van der Waals surface area (Å²) in [6.07, 6.45) is 0.429. The van der Waals surface area contributed by atoms with E-state index in [0.717, 1.165) is 6.07 Å². The van der Waals surface area contributed by atoms with E-state index >= 15 is 0 Å². The predicted molar refractivity (Wildman–Crippen MR) is 134 cm³/mol. The monoisotopic (exact) mass is 514 g/mol. The number of nitro benzene ring substituents is 1. The van der Waals surface area contributed by atoms with Crippen molar-refractivity contribution in [2.75, 3.05) is 34.5 Å². The number of likely N-dealkylation sites (tertiary alicyclic amines) is 1. The molecule has 1 atom stereocenters. The van der Waals surface area contributed by atoms with Crippen LogP contribution in [0.15, 0.2) is 42.0 Å². The molecule has 1 aliphatic heterocycles. The molecule has 0 bridgehead atoms. The second-order valence-corrected chi connectivity index (χ2v) is 8.53. The lowest BCUT2D eigenvalue weighted by Gasteiger charge is -2.26. The number of hydrogen-bond acceptors (Lipinski definition) is 9. The summed E-state index contributed by atoms with van der Waals surface area (Å²) in [6.45, 7) is 4.29. The molecule has 0 aromatic heterocycles. The summed E-state index contributed by atoms with van der Waals surface area (Å²) in [5.74, 6) is -1.35. The molecule has 0 saturated carbocycles. The number of nitrogens with zero attached hydrogens (tertiary/aromatic N) is 2. The van der Waals surface area contributed by atoms with Crippen LogP contribution in [0.25, 0.3) is 5.76 Å². The van der Waals surface area contributed by atoms with Crippen LogP contribution in [-0.4, -0.2) is 67.2 Å². The number of ether oxygens (including phenoxy) is 4. The van der Waals surface area contributed by atoms with Gasteiger partial charge < -0.3 is 29.0 Å². The number of carbonyl (C=O) groups excluding carboxylic acids is 2. The van der Waals surface area contributed by atoms with Crippen molar-refractivity contribution in [3.8, 4) is 17.2 Å². The van der Waals surface area contributed by atoms with Gasteiger partial charge in [0.15, 0.2) is 11.5 Å². The van der Waals surface area contributed by atoms with Gasteiger partial charge in [-0.3, -0.25) is 19.7 Å². The van der Waals surface area contributed by atoms with Crippen molar-refractivity contribution in [1.82, 2.24) is 4.90 Å². The zero-order valence-electron chi connectivity index (χ0n) is 21.3. The molecule has 198 valence electrons. The van der Waals surface area contributed by atoms with Crippen molar-refractivity contribution in [2.45, 2.75) is 32.4 Å². The third-order valence-corrected chi connectivity index (χ3v) is 5.87. The molecule has 11 heteroatoms. The topological polar surface area (TPSA) is 138 Å². The van der Waals surface area contributed by atoms with Crippen LogP contribution >= 0.6 is 0 Å². The fourth-order valence-corrected chi connectivity index (χ4v) is 4.19. The standard InChI is InChI=1S/C26H30N2O9/c1-15(2)37-11-7-10-27-22(17-13-19(34-3)25(36-5)20(14-17)35-4)21(24(30)26(27)31)23(29)16-8-6-9-18(12-16)28(32)33/h6,8-9,12-15,22,29H,7,10-11H2,1-5H3/b23-21+. The Morgan fingerprint density at radius 3 is 2.27 bits per heavy atom. The number of hydrogen-bond donors (Lipinski definition) is 1. The molecule has 1 aliphatic rings. The number of nitro groups is 1. The van der Waals surface area contributed by atoms with Crippen molar-refractivity contribution in [2.24, 2.45) is 0 Å². The first-order valence-corrected chi connectivity index (χ1v) is 11.6. The first-order valence-electron chi connectivity index (χ1n) is 11.6. The summed E-state index contributed by atoms with van der Waals surface area (Å²) in [6, 6.07) is 7.39. The maximum absolute atomic E-state index is 13.2. The average molecular weight is 515 g/mol. The normalized spacial score (nSPS) is 16.8. The minimum absolute atomic E-state index is 0.00445. The minimum Gasteiger partial charge on any atom is -0.507 e. The van der Waals surface area contributed by atoms with Gasteiger partial charge in [0.1, 0.15) is 5.76 Å². The summed E-state index contributed by atoms with van der Waals surface area (Å²) in [5.41, 5.74) is -0.0174. The van der Waals surface area contributed by atoms with Crippen molar-refractivity contribution >= 4 is 23.1 Å². The highest BCUT2D eigenvalue weighted by atomic mass is 16.6. The molecule has 11 nitrogen and oxygen atoms in total. The van der Waals surface area contributed by atoms with Gasteiger partial charge in [-0.1, -0.05) is 12.1 Å². The van der Waals surface area contributed by atoms with E-state index in [1.807, 2.05) is 13.8 Å². The van der Waals surface area contributed by atoms with Crippen LogP contribution in [0.4, 0.5) is 5.69 Å². The smallest absolute Gasteiger partial charge is 0.295 e. The highest BCUT2D eigenvalue weighted by Crippen LogP contribution is 2.45. The van der Waals surface area contributed by atoms with Gasteiger partial charge in [-0.05, 0) is 38.0 Å². The number of ketones is 1. The lowest BCUT2D eigenvalue weighted by Crippen LogP contribution is -2.31. The molecule has 1 fully saturated rings. The molecule has 0 radical (unpaired) electrons. The fraction of sp³-hybridized carbons (Fsp3) is 0.385. The predicted octanol–water partition coefficient (Wildman–Crippen LogP) is 3.86. The third-order valence-electron chi connectivity index (χ3n) is 5.87. The van der Waals surface area contributed by atoms with E-state index in [-0.39, 0.29) is 29.5 Å².